The van der Waals surface area contributed by atoms with Gasteiger partial charge in [-0.3, -0.25) is 10.1 Å². The van der Waals surface area contributed by atoms with E-state index in [1.165, 1.54) is 16.8 Å². The summed E-state index contributed by atoms with van der Waals surface area (Å²) in [5, 5.41) is 10.3. The third-order valence-electron chi connectivity index (χ3n) is 2.03. The van der Waals surface area contributed by atoms with Crippen LogP contribution in [0.1, 0.15) is 0 Å². The standard InChI is InChI=1S/C11H11N3O3S/c1-16-8-4-2-3-5-9(8)17-6-10(15)13-11-14-12-7-18-11/h2-5,7H,6H2,1H3,(H,13,14,15). The van der Waals surface area contributed by atoms with E-state index in [0.29, 0.717) is 16.6 Å². The number of hydrogen-bond acceptors (Lipinski definition) is 6. The molecule has 7 heteroatoms. The van der Waals surface area contributed by atoms with Crippen LogP contribution in [0.3, 0.4) is 0 Å². The molecule has 0 aliphatic carbocycles. The minimum Gasteiger partial charge on any atom is -0.493 e. The monoisotopic (exact) mass is 265 g/mol. The first-order chi connectivity index (χ1) is 8.79. The third kappa shape index (κ3) is 3.17. The maximum atomic E-state index is 11.5. The molecule has 1 heterocycles. The van der Waals surface area contributed by atoms with Gasteiger partial charge in [-0.2, -0.15) is 0 Å². The summed E-state index contributed by atoms with van der Waals surface area (Å²) in [5.74, 6) is 0.811. The molecule has 0 saturated carbocycles. The normalized spacial score (nSPS) is 9.83. The van der Waals surface area contributed by atoms with Crippen LogP contribution in [0.2, 0.25) is 0 Å². The van der Waals surface area contributed by atoms with Gasteiger partial charge in [0.15, 0.2) is 18.1 Å². The van der Waals surface area contributed by atoms with E-state index in [4.69, 9.17) is 9.47 Å². The van der Waals surface area contributed by atoms with Gasteiger partial charge in [-0.15, -0.1) is 10.2 Å². The smallest absolute Gasteiger partial charge is 0.264 e. The van der Waals surface area contributed by atoms with E-state index in [1.807, 2.05) is 6.07 Å². The Morgan fingerprint density at radius 1 is 1.39 bits per heavy atom. The fourth-order valence-corrected chi connectivity index (χ4v) is 1.73. The van der Waals surface area contributed by atoms with Crippen molar-refractivity contribution in [2.45, 2.75) is 0 Å². The minimum atomic E-state index is -0.294. The molecule has 1 aromatic heterocycles. The lowest BCUT2D eigenvalue weighted by molar-refractivity contribution is -0.118. The van der Waals surface area contributed by atoms with Crippen molar-refractivity contribution in [1.29, 1.82) is 0 Å². The summed E-state index contributed by atoms with van der Waals surface area (Å²) in [7, 11) is 1.55. The summed E-state index contributed by atoms with van der Waals surface area (Å²) < 4.78 is 10.5. The van der Waals surface area contributed by atoms with Crippen molar-refractivity contribution in [2.75, 3.05) is 19.0 Å². The van der Waals surface area contributed by atoms with Gasteiger partial charge in [-0.25, -0.2) is 0 Å². The van der Waals surface area contributed by atoms with Crippen LogP contribution in [0.15, 0.2) is 29.8 Å². The molecule has 0 saturated heterocycles. The second-order valence-corrected chi connectivity index (χ2v) is 4.06. The van der Waals surface area contributed by atoms with Crippen LogP contribution >= 0.6 is 11.3 Å². The van der Waals surface area contributed by atoms with Crippen molar-refractivity contribution in [3.05, 3.63) is 29.8 Å². The number of carbonyl (C=O) groups excluding carboxylic acids is 1. The summed E-state index contributed by atoms with van der Waals surface area (Å²) in [6.07, 6.45) is 0. The Bertz CT molecular complexity index is 516. The topological polar surface area (TPSA) is 73.3 Å². The molecule has 2 aromatic rings. The number of rotatable bonds is 5. The van der Waals surface area contributed by atoms with Crippen LogP contribution in [-0.4, -0.2) is 29.8 Å². The lowest BCUT2D eigenvalue weighted by Crippen LogP contribution is -2.20. The second kappa shape index (κ2) is 5.97. The zero-order valence-electron chi connectivity index (χ0n) is 9.62. The summed E-state index contributed by atoms with van der Waals surface area (Å²) in [6.45, 7) is -0.111. The summed E-state index contributed by atoms with van der Waals surface area (Å²) in [4.78, 5) is 11.5. The highest BCUT2D eigenvalue weighted by Gasteiger charge is 2.08. The number of nitrogens with zero attached hydrogens (tertiary/aromatic N) is 2. The molecule has 0 aliphatic heterocycles. The van der Waals surface area contributed by atoms with Gasteiger partial charge < -0.3 is 9.47 Å². The Hall–Kier alpha value is -2.15. The van der Waals surface area contributed by atoms with E-state index in [2.05, 4.69) is 15.5 Å². The molecule has 18 heavy (non-hydrogen) atoms. The van der Waals surface area contributed by atoms with Gasteiger partial charge >= 0.3 is 0 Å². The van der Waals surface area contributed by atoms with Crippen LogP contribution in [0.25, 0.3) is 0 Å². The molecule has 0 bridgehead atoms. The highest BCUT2D eigenvalue weighted by molar-refractivity contribution is 7.13. The molecule has 1 N–H and O–H groups in total. The minimum absolute atomic E-state index is 0.111. The van der Waals surface area contributed by atoms with Crippen molar-refractivity contribution >= 4 is 22.4 Å². The van der Waals surface area contributed by atoms with Crippen LogP contribution in [0, 0.1) is 0 Å². The van der Waals surface area contributed by atoms with E-state index < -0.39 is 0 Å². The molecule has 1 amide bonds. The molecule has 6 nitrogen and oxygen atoms in total. The lowest BCUT2D eigenvalue weighted by Gasteiger charge is -2.09. The predicted molar refractivity (Wildman–Crippen MR) is 67.0 cm³/mol. The average molecular weight is 265 g/mol. The molecule has 2 rings (SSSR count). The highest BCUT2D eigenvalue weighted by Crippen LogP contribution is 2.25. The molecule has 0 radical (unpaired) electrons. The quantitative estimate of drug-likeness (QED) is 0.888. The Balaban J connectivity index is 1.89. The Labute approximate surface area is 108 Å². The molecule has 0 spiro atoms. The van der Waals surface area contributed by atoms with Crippen molar-refractivity contribution in [3.63, 3.8) is 0 Å². The molecule has 1 aromatic carbocycles. The second-order valence-electron chi connectivity index (χ2n) is 3.23. The number of methoxy groups -OCH3 is 1. The highest BCUT2D eigenvalue weighted by atomic mass is 32.1. The molecule has 0 unspecified atom stereocenters. The fraction of sp³-hybridized carbons (Fsp3) is 0.182. The predicted octanol–water partition coefficient (Wildman–Crippen LogP) is 1.56. The summed E-state index contributed by atoms with van der Waals surface area (Å²) >= 11 is 1.25. The number of carbonyl (C=O) groups is 1. The SMILES string of the molecule is COc1ccccc1OCC(=O)Nc1nncs1. The van der Waals surface area contributed by atoms with Crippen LogP contribution in [-0.2, 0) is 4.79 Å². The zero-order chi connectivity index (χ0) is 12.8. The van der Waals surface area contributed by atoms with Crippen LogP contribution in [0.4, 0.5) is 5.13 Å². The Morgan fingerprint density at radius 2 is 2.17 bits per heavy atom. The summed E-state index contributed by atoms with van der Waals surface area (Å²) in [5.41, 5.74) is 1.54. The number of aromatic nitrogens is 2. The number of nitrogens with one attached hydrogen (secondary N) is 1. The number of hydrogen-bond donors (Lipinski definition) is 1. The number of anilines is 1. The first-order valence-corrected chi connectivity index (χ1v) is 5.99. The van der Waals surface area contributed by atoms with Gasteiger partial charge in [0, 0.05) is 0 Å². The molecule has 0 atom stereocenters. The van der Waals surface area contributed by atoms with E-state index in [1.54, 1.807) is 25.3 Å². The first kappa shape index (κ1) is 12.3. The van der Waals surface area contributed by atoms with E-state index in [0.717, 1.165) is 0 Å². The molecular weight excluding hydrogens is 254 g/mol. The van der Waals surface area contributed by atoms with Crippen molar-refractivity contribution in [3.8, 4) is 11.5 Å². The van der Waals surface area contributed by atoms with Gasteiger partial charge in [-0.05, 0) is 12.1 Å². The molecular formula is C11H11N3O3S. The molecule has 0 fully saturated rings. The fourth-order valence-electron chi connectivity index (χ4n) is 1.26. The third-order valence-corrected chi connectivity index (χ3v) is 2.64. The number of ether oxygens (including phenoxy) is 2. The molecule has 94 valence electrons. The van der Waals surface area contributed by atoms with Crippen molar-refractivity contribution < 1.29 is 14.3 Å². The van der Waals surface area contributed by atoms with Crippen molar-refractivity contribution in [1.82, 2.24) is 10.2 Å². The maximum Gasteiger partial charge on any atom is 0.264 e. The largest absolute Gasteiger partial charge is 0.493 e. The molecule has 0 aliphatic rings. The van der Waals surface area contributed by atoms with Crippen LogP contribution in [0.5, 0.6) is 11.5 Å². The Morgan fingerprint density at radius 3 is 2.83 bits per heavy atom. The number of para-hydroxylation sites is 2. The van der Waals surface area contributed by atoms with Crippen LogP contribution < -0.4 is 14.8 Å². The van der Waals surface area contributed by atoms with Crippen molar-refractivity contribution in [2.24, 2.45) is 0 Å². The van der Waals surface area contributed by atoms with Gasteiger partial charge in [0.25, 0.3) is 5.91 Å². The number of benzene rings is 1. The maximum absolute atomic E-state index is 11.5. The van der Waals surface area contributed by atoms with Gasteiger partial charge in [-0.1, -0.05) is 23.5 Å². The summed E-state index contributed by atoms with van der Waals surface area (Å²) in [6, 6.07) is 7.13. The Kier molecular flexibility index (Phi) is 4.08. The zero-order valence-corrected chi connectivity index (χ0v) is 10.4. The van der Waals surface area contributed by atoms with Gasteiger partial charge in [0.1, 0.15) is 5.51 Å². The van der Waals surface area contributed by atoms with E-state index in [9.17, 15) is 4.79 Å². The van der Waals surface area contributed by atoms with E-state index in [-0.39, 0.29) is 12.5 Å². The first-order valence-electron chi connectivity index (χ1n) is 5.11. The lowest BCUT2D eigenvalue weighted by atomic mass is 10.3. The van der Waals surface area contributed by atoms with Gasteiger partial charge in [0.05, 0.1) is 7.11 Å². The van der Waals surface area contributed by atoms with E-state index >= 15 is 0 Å². The average Bonchev–Trinajstić information content (AvgIpc) is 2.89. The number of amides is 1. The van der Waals surface area contributed by atoms with Gasteiger partial charge in [0.2, 0.25) is 5.13 Å².